The summed E-state index contributed by atoms with van der Waals surface area (Å²) < 4.78 is 0.760. The molecular weight excluding hydrogens is 557 g/mol. The molecule has 0 saturated heterocycles. The van der Waals surface area contributed by atoms with E-state index in [0.29, 0.717) is 8.64 Å². The van der Waals surface area contributed by atoms with Gasteiger partial charge in [-0.3, -0.25) is 0 Å². The minimum atomic E-state index is -0.388. The molecule has 4 aromatic carbocycles. The van der Waals surface area contributed by atoms with Gasteiger partial charge in [0.2, 0.25) is 0 Å². The van der Waals surface area contributed by atoms with Crippen LogP contribution >= 0.6 is 24.4 Å². The van der Waals surface area contributed by atoms with E-state index >= 15 is 0 Å². The average molecular weight is 585 g/mol. The normalized spacial score (nSPS) is 10.6. The van der Waals surface area contributed by atoms with E-state index in [9.17, 15) is 0 Å². The minimum Gasteiger partial charge on any atom is -0.412 e. The van der Waals surface area contributed by atoms with Crippen LogP contribution in [0.2, 0.25) is 0 Å². The first-order chi connectivity index (χ1) is 17.3. The maximum absolute atomic E-state index is 5.05. The molecular formula is C30H28CaN2S4. The Labute approximate surface area is 272 Å². The van der Waals surface area contributed by atoms with Gasteiger partial charge in [0.25, 0.3) is 0 Å². The summed E-state index contributed by atoms with van der Waals surface area (Å²) in [7, 11) is 0. The van der Waals surface area contributed by atoms with Gasteiger partial charge in [-0.05, 0) is 36.1 Å². The van der Waals surface area contributed by atoms with Crippen LogP contribution in [0.4, 0.5) is 0 Å². The SMILES string of the molecule is CC(NC(=S)[S-])(c1ccccc1)c1ccccc1.CC(NC(=S)[S-])(c1ccccc1)c1ccccc1.[Ca+2]. The first kappa shape index (κ1) is 31.6. The van der Waals surface area contributed by atoms with Gasteiger partial charge in [-0.15, -0.1) is 0 Å². The smallest absolute Gasteiger partial charge is 0.412 e. The number of benzene rings is 4. The molecule has 0 spiro atoms. The van der Waals surface area contributed by atoms with E-state index in [1.165, 1.54) is 0 Å². The second-order valence-electron chi connectivity index (χ2n) is 8.54. The third-order valence-electron chi connectivity index (χ3n) is 6.11. The van der Waals surface area contributed by atoms with Crippen LogP contribution in [-0.4, -0.2) is 46.4 Å². The van der Waals surface area contributed by atoms with Crippen LogP contribution in [0.1, 0.15) is 36.1 Å². The van der Waals surface area contributed by atoms with Crippen molar-refractivity contribution in [3.8, 4) is 0 Å². The summed E-state index contributed by atoms with van der Waals surface area (Å²) >= 11 is 20.2. The van der Waals surface area contributed by atoms with Crippen LogP contribution in [-0.2, 0) is 36.3 Å². The summed E-state index contributed by atoms with van der Waals surface area (Å²) in [4.78, 5) is 0. The zero-order valence-corrected chi connectivity index (χ0v) is 26.4. The molecule has 0 aliphatic rings. The molecule has 184 valence electrons. The Balaban J connectivity index is 0.000000253. The van der Waals surface area contributed by atoms with Gasteiger partial charge >= 0.3 is 37.7 Å². The van der Waals surface area contributed by atoms with Crippen molar-refractivity contribution in [2.24, 2.45) is 0 Å². The van der Waals surface area contributed by atoms with E-state index in [-0.39, 0.29) is 48.8 Å². The van der Waals surface area contributed by atoms with Crippen molar-refractivity contribution in [1.82, 2.24) is 10.6 Å². The maximum atomic E-state index is 5.05. The maximum Gasteiger partial charge on any atom is 2.00 e. The fourth-order valence-electron chi connectivity index (χ4n) is 4.12. The topological polar surface area (TPSA) is 24.1 Å². The zero-order chi connectivity index (χ0) is 26.0. The number of rotatable bonds is 6. The van der Waals surface area contributed by atoms with Crippen molar-refractivity contribution in [1.29, 1.82) is 0 Å². The molecule has 0 saturated carbocycles. The number of thiocarbonyl (C=S) groups is 2. The summed E-state index contributed by atoms with van der Waals surface area (Å²) in [6, 6.07) is 40.8. The van der Waals surface area contributed by atoms with Crippen molar-refractivity contribution in [2.75, 3.05) is 0 Å². The molecule has 2 nitrogen and oxygen atoms in total. The van der Waals surface area contributed by atoms with E-state index in [4.69, 9.17) is 49.7 Å². The predicted molar refractivity (Wildman–Crippen MR) is 171 cm³/mol. The monoisotopic (exact) mass is 584 g/mol. The Bertz CT molecular complexity index is 1070. The Morgan fingerprint density at radius 1 is 0.486 bits per heavy atom. The van der Waals surface area contributed by atoms with Crippen molar-refractivity contribution in [3.63, 3.8) is 0 Å². The Morgan fingerprint density at radius 3 is 0.838 bits per heavy atom. The van der Waals surface area contributed by atoms with Gasteiger partial charge in [-0.25, -0.2) is 0 Å². The Kier molecular flexibility index (Phi) is 12.9. The largest absolute Gasteiger partial charge is 2.00 e. The summed E-state index contributed by atoms with van der Waals surface area (Å²) in [5.41, 5.74) is 3.79. The standard InChI is InChI=1S/2C15H15NS2.Ca/c2*1-15(16-14(17)18,12-8-4-2-5-9-12)13-10-6-3-7-11-13;/h2*2-11H,1H3,(H2,16,17,18);/q;;+2/p-2. The minimum absolute atomic E-state index is 0. The van der Waals surface area contributed by atoms with Gasteiger partial charge in [0.1, 0.15) is 0 Å². The Hall–Kier alpha value is -1.64. The quantitative estimate of drug-likeness (QED) is 0.155. The average Bonchev–Trinajstić information content (AvgIpc) is 2.90. The fraction of sp³-hybridized carbons (Fsp3) is 0.133. The molecule has 0 aromatic heterocycles. The molecule has 37 heavy (non-hydrogen) atoms. The molecule has 0 fully saturated rings. The summed E-state index contributed by atoms with van der Waals surface area (Å²) in [5, 5.41) is 6.47. The van der Waals surface area contributed by atoms with Crippen molar-refractivity contribution in [2.45, 2.75) is 24.9 Å². The predicted octanol–water partition coefficient (Wildman–Crippen LogP) is 6.36. The molecule has 2 N–H and O–H groups in total. The van der Waals surface area contributed by atoms with Gasteiger partial charge < -0.3 is 60.3 Å². The van der Waals surface area contributed by atoms with E-state index in [1.54, 1.807) is 0 Å². The molecule has 0 aliphatic carbocycles. The summed E-state index contributed by atoms with van der Waals surface area (Å²) in [6.45, 7) is 4.19. The van der Waals surface area contributed by atoms with Gasteiger partial charge in [-0.1, -0.05) is 130 Å². The van der Waals surface area contributed by atoms with Crippen LogP contribution in [0.25, 0.3) is 0 Å². The first-order valence-electron chi connectivity index (χ1n) is 11.5. The molecule has 0 radical (unpaired) electrons. The molecule has 7 heteroatoms. The number of hydrogen-bond acceptors (Lipinski definition) is 4. The Morgan fingerprint density at radius 2 is 0.676 bits per heavy atom. The molecule has 4 aromatic rings. The van der Waals surface area contributed by atoms with Crippen LogP contribution < -0.4 is 10.6 Å². The number of nitrogens with one attached hydrogen (secondary N) is 2. The van der Waals surface area contributed by atoms with Crippen LogP contribution in [0.5, 0.6) is 0 Å². The van der Waals surface area contributed by atoms with Gasteiger partial charge in [0.05, 0.1) is 11.1 Å². The van der Waals surface area contributed by atoms with Crippen LogP contribution in [0.15, 0.2) is 121 Å². The van der Waals surface area contributed by atoms with E-state index in [2.05, 4.69) is 73.0 Å². The van der Waals surface area contributed by atoms with E-state index in [0.717, 1.165) is 22.3 Å². The van der Waals surface area contributed by atoms with E-state index in [1.807, 2.05) is 72.8 Å². The molecule has 0 atom stereocenters. The van der Waals surface area contributed by atoms with Crippen LogP contribution in [0, 0.1) is 0 Å². The molecule has 0 heterocycles. The van der Waals surface area contributed by atoms with Crippen molar-refractivity contribution < 1.29 is 0 Å². The third kappa shape index (κ3) is 8.69. The molecule has 0 aliphatic heterocycles. The van der Waals surface area contributed by atoms with Gasteiger partial charge in [-0.2, -0.15) is 0 Å². The molecule has 0 unspecified atom stereocenters. The molecule has 0 amide bonds. The summed E-state index contributed by atoms with van der Waals surface area (Å²) in [6.07, 6.45) is 0. The number of hydrogen-bond donors (Lipinski definition) is 2. The van der Waals surface area contributed by atoms with Gasteiger partial charge in [0.15, 0.2) is 0 Å². The van der Waals surface area contributed by atoms with E-state index < -0.39 is 0 Å². The third-order valence-corrected chi connectivity index (χ3v) is 6.52. The van der Waals surface area contributed by atoms with Crippen LogP contribution in [0.3, 0.4) is 0 Å². The summed E-state index contributed by atoms with van der Waals surface area (Å²) in [5.74, 6) is 0. The van der Waals surface area contributed by atoms with Crippen molar-refractivity contribution in [3.05, 3.63) is 144 Å². The molecule has 4 rings (SSSR count). The first-order valence-corrected chi connectivity index (χ1v) is 13.1. The van der Waals surface area contributed by atoms with Crippen molar-refractivity contribution >= 4 is 96.1 Å². The zero-order valence-electron chi connectivity index (χ0n) is 20.9. The molecule has 0 bridgehead atoms. The fourth-order valence-corrected chi connectivity index (χ4v) is 4.93. The second kappa shape index (κ2) is 15.1. The van der Waals surface area contributed by atoms with Gasteiger partial charge in [0, 0.05) is 0 Å². The second-order valence-corrected chi connectivity index (χ2v) is 10.7.